The van der Waals surface area contributed by atoms with E-state index in [4.69, 9.17) is 15.2 Å². The first-order valence-electron chi connectivity index (χ1n) is 12.7. The summed E-state index contributed by atoms with van der Waals surface area (Å²) < 4.78 is 11.0. The van der Waals surface area contributed by atoms with Crippen molar-refractivity contribution in [3.05, 3.63) is 23.8 Å². The molecular formula is C26H41N3O5. The highest BCUT2D eigenvalue weighted by molar-refractivity contribution is 5.79. The fraction of sp³-hybridized carbons (Fsp3) is 0.692. The minimum absolute atomic E-state index is 0.0301. The molecule has 4 atom stereocenters. The second-order valence-electron chi connectivity index (χ2n) is 9.73. The van der Waals surface area contributed by atoms with E-state index < -0.39 is 11.9 Å². The third kappa shape index (κ3) is 6.21. The Labute approximate surface area is 203 Å². The topological polar surface area (TPSA) is 105 Å². The number of hydrogen-bond donors (Lipinski definition) is 2. The molecule has 8 nitrogen and oxygen atoms in total. The van der Waals surface area contributed by atoms with Crippen LogP contribution < -0.4 is 15.2 Å². The van der Waals surface area contributed by atoms with Gasteiger partial charge in [0.25, 0.3) is 0 Å². The number of carboxylic acids is 1. The van der Waals surface area contributed by atoms with Gasteiger partial charge in [-0.3, -0.25) is 14.5 Å². The lowest BCUT2D eigenvalue weighted by atomic mass is 9.81. The van der Waals surface area contributed by atoms with Gasteiger partial charge in [-0.1, -0.05) is 46.1 Å². The van der Waals surface area contributed by atoms with Crippen molar-refractivity contribution in [1.82, 2.24) is 9.80 Å². The molecule has 2 heterocycles. The monoisotopic (exact) mass is 475 g/mol. The number of benzene rings is 1. The largest absolute Gasteiger partial charge is 0.481 e. The molecule has 8 heteroatoms. The van der Waals surface area contributed by atoms with Crippen LogP contribution in [0, 0.1) is 11.8 Å². The van der Waals surface area contributed by atoms with Gasteiger partial charge in [0.05, 0.1) is 12.5 Å². The van der Waals surface area contributed by atoms with Crippen LogP contribution in [0.15, 0.2) is 18.2 Å². The Morgan fingerprint density at radius 2 is 1.97 bits per heavy atom. The van der Waals surface area contributed by atoms with Crippen LogP contribution in [0.4, 0.5) is 0 Å². The Balaban J connectivity index is 1.87. The Bertz CT molecular complexity index is 833. The maximum atomic E-state index is 13.3. The van der Waals surface area contributed by atoms with Gasteiger partial charge in [0.15, 0.2) is 11.5 Å². The zero-order valence-electron chi connectivity index (χ0n) is 20.9. The van der Waals surface area contributed by atoms with E-state index in [1.54, 1.807) is 0 Å². The van der Waals surface area contributed by atoms with E-state index in [2.05, 4.69) is 25.7 Å². The van der Waals surface area contributed by atoms with Crippen molar-refractivity contribution in [3.63, 3.8) is 0 Å². The van der Waals surface area contributed by atoms with E-state index in [0.717, 1.165) is 37.7 Å². The van der Waals surface area contributed by atoms with Crippen LogP contribution in [-0.2, 0) is 9.59 Å². The van der Waals surface area contributed by atoms with Gasteiger partial charge in [-0.05, 0) is 36.5 Å². The van der Waals surface area contributed by atoms with Crippen LogP contribution in [0.3, 0.4) is 0 Å². The lowest BCUT2D eigenvalue weighted by Gasteiger charge is -2.31. The molecule has 1 saturated heterocycles. The predicted molar refractivity (Wildman–Crippen MR) is 131 cm³/mol. The van der Waals surface area contributed by atoms with Crippen LogP contribution in [0.1, 0.15) is 64.4 Å². The summed E-state index contributed by atoms with van der Waals surface area (Å²) in [6.45, 7) is 8.98. The number of carbonyl (C=O) groups is 2. The SMILES string of the molecule is CCCCN(CCN)C(=O)CN1CC(c2ccc3c(c2)OCO3)C(C(=O)O)C1CC(C)CCC. The van der Waals surface area contributed by atoms with Crippen molar-refractivity contribution in [1.29, 1.82) is 0 Å². The fourth-order valence-corrected chi connectivity index (χ4v) is 5.43. The molecule has 4 unspecified atom stereocenters. The summed E-state index contributed by atoms with van der Waals surface area (Å²) in [4.78, 5) is 29.8. The number of likely N-dealkylation sites (tertiary alicyclic amines) is 1. The number of nitrogens with zero attached hydrogens (tertiary/aromatic N) is 2. The number of rotatable bonds is 13. The molecule has 1 aromatic rings. The summed E-state index contributed by atoms with van der Waals surface area (Å²) in [6, 6.07) is 5.49. The van der Waals surface area contributed by atoms with Gasteiger partial charge in [-0.15, -0.1) is 0 Å². The van der Waals surface area contributed by atoms with Gasteiger partial charge in [0.1, 0.15) is 0 Å². The van der Waals surface area contributed by atoms with Gasteiger partial charge in [-0.2, -0.15) is 0 Å². The van der Waals surface area contributed by atoms with Crippen LogP contribution in [0.5, 0.6) is 11.5 Å². The summed E-state index contributed by atoms with van der Waals surface area (Å²) in [6.07, 6.45) is 4.78. The molecule has 2 aliphatic heterocycles. The predicted octanol–water partition coefficient (Wildman–Crippen LogP) is 3.30. The molecule has 2 aliphatic rings. The van der Waals surface area contributed by atoms with E-state index in [0.29, 0.717) is 43.6 Å². The summed E-state index contributed by atoms with van der Waals surface area (Å²) >= 11 is 0. The van der Waals surface area contributed by atoms with Gasteiger partial charge >= 0.3 is 5.97 Å². The molecule has 1 fully saturated rings. The number of carbonyl (C=O) groups excluding carboxylic acids is 1. The lowest BCUT2D eigenvalue weighted by Crippen LogP contribution is -2.46. The summed E-state index contributed by atoms with van der Waals surface area (Å²) in [7, 11) is 0. The smallest absolute Gasteiger partial charge is 0.308 e. The standard InChI is InChI=1S/C26H41N3O5/c1-4-6-11-28(12-10-27)24(30)16-29-15-20(19-8-9-22-23(14-19)34-17-33-22)25(26(31)32)21(29)13-18(3)7-5-2/h8-9,14,18,20-21,25H,4-7,10-13,15-17,27H2,1-3H3,(H,31,32). The highest BCUT2D eigenvalue weighted by atomic mass is 16.7. The first-order valence-corrected chi connectivity index (χ1v) is 12.7. The van der Waals surface area contributed by atoms with Gasteiger partial charge in [0.2, 0.25) is 12.7 Å². The van der Waals surface area contributed by atoms with Gasteiger partial charge < -0.3 is 25.2 Å². The summed E-state index contributed by atoms with van der Waals surface area (Å²) in [5, 5.41) is 10.3. The highest BCUT2D eigenvalue weighted by Crippen LogP contribution is 2.43. The van der Waals surface area contributed by atoms with E-state index in [-0.39, 0.29) is 31.2 Å². The molecule has 0 radical (unpaired) electrons. The zero-order chi connectivity index (χ0) is 24.7. The normalized spacial score (nSPS) is 22.6. The first kappa shape index (κ1) is 26.3. The molecule has 0 saturated carbocycles. The Morgan fingerprint density at radius 1 is 1.21 bits per heavy atom. The number of hydrogen-bond acceptors (Lipinski definition) is 6. The van der Waals surface area contributed by atoms with Crippen molar-refractivity contribution in [2.75, 3.05) is 39.5 Å². The zero-order valence-corrected chi connectivity index (χ0v) is 20.9. The molecule has 0 bridgehead atoms. The van der Waals surface area contributed by atoms with Crippen LogP contribution in [-0.4, -0.2) is 72.3 Å². The van der Waals surface area contributed by atoms with Crippen molar-refractivity contribution in [2.24, 2.45) is 17.6 Å². The van der Waals surface area contributed by atoms with Crippen molar-refractivity contribution >= 4 is 11.9 Å². The number of nitrogens with two attached hydrogens (primary N) is 1. The molecular weight excluding hydrogens is 434 g/mol. The molecule has 3 N–H and O–H groups in total. The minimum atomic E-state index is -0.809. The van der Waals surface area contributed by atoms with E-state index >= 15 is 0 Å². The average molecular weight is 476 g/mol. The molecule has 0 aromatic heterocycles. The first-order chi connectivity index (χ1) is 16.4. The molecule has 0 aliphatic carbocycles. The lowest BCUT2D eigenvalue weighted by molar-refractivity contribution is -0.144. The van der Waals surface area contributed by atoms with Gasteiger partial charge in [-0.25, -0.2) is 0 Å². The van der Waals surface area contributed by atoms with E-state index in [9.17, 15) is 14.7 Å². The minimum Gasteiger partial charge on any atom is -0.481 e. The third-order valence-electron chi connectivity index (χ3n) is 7.16. The number of amides is 1. The van der Waals surface area contributed by atoms with Crippen molar-refractivity contribution in [3.8, 4) is 11.5 Å². The molecule has 0 spiro atoms. The maximum absolute atomic E-state index is 13.3. The number of ether oxygens (including phenoxy) is 2. The molecule has 1 amide bonds. The average Bonchev–Trinajstić information content (AvgIpc) is 3.41. The molecule has 34 heavy (non-hydrogen) atoms. The number of carboxylic acid groups (broad SMARTS) is 1. The highest BCUT2D eigenvalue weighted by Gasteiger charge is 2.47. The second kappa shape index (κ2) is 12.4. The molecule has 1 aromatic carbocycles. The van der Waals surface area contributed by atoms with Crippen molar-refractivity contribution in [2.45, 2.75) is 64.8 Å². The Morgan fingerprint density at radius 3 is 2.65 bits per heavy atom. The molecule has 3 rings (SSSR count). The quantitative estimate of drug-likeness (QED) is 0.451. The van der Waals surface area contributed by atoms with Crippen molar-refractivity contribution < 1.29 is 24.2 Å². The Hall–Kier alpha value is -2.32. The summed E-state index contributed by atoms with van der Waals surface area (Å²) in [5.74, 6) is 0.120. The third-order valence-corrected chi connectivity index (χ3v) is 7.16. The Kier molecular flexibility index (Phi) is 9.59. The fourth-order valence-electron chi connectivity index (χ4n) is 5.43. The van der Waals surface area contributed by atoms with Crippen LogP contribution >= 0.6 is 0 Å². The number of unbranched alkanes of at least 4 members (excludes halogenated alkanes) is 1. The number of aliphatic carboxylic acids is 1. The second-order valence-corrected chi connectivity index (χ2v) is 9.73. The van der Waals surface area contributed by atoms with Crippen LogP contribution in [0.25, 0.3) is 0 Å². The number of fused-ring (bicyclic) bond motifs is 1. The van der Waals surface area contributed by atoms with Crippen LogP contribution in [0.2, 0.25) is 0 Å². The molecule has 190 valence electrons. The van der Waals surface area contributed by atoms with Gasteiger partial charge in [0, 0.05) is 38.1 Å². The van der Waals surface area contributed by atoms with E-state index in [1.807, 2.05) is 23.1 Å². The maximum Gasteiger partial charge on any atom is 0.308 e. The summed E-state index contributed by atoms with van der Waals surface area (Å²) in [5.41, 5.74) is 6.69. The van der Waals surface area contributed by atoms with E-state index in [1.165, 1.54) is 0 Å².